The number of nitrogens with zero attached hydrogens (tertiary/aromatic N) is 2. The molecule has 0 saturated heterocycles. The first-order valence-corrected chi connectivity index (χ1v) is 7.44. The SMILES string of the molecule is CC(C)(c1ccccc1)C1CCc2nc(N)nc(N)c2C1. The van der Waals surface area contributed by atoms with Gasteiger partial charge < -0.3 is 11.5 Å². The van der Waals surface area contributed by atoms with Gasteiger partial charge in [0.15, 0.2) is 0 Å². The molecule has 1 heterocycles. The molecule has 4 N–H and O–H groups in total. The van der Waals surface area contributed by atoms with Crippen LogP contribution < -0.4 is 11.5 Å². The van der Waals surface area contributed by atoms with Gasteiger partial charge in [-0.2, -0.15) is 4.98 Å². The van der Waals surface area contributed by atoms with Gasteiger partial charge in [0.05, 0.1) is 5.69 Å². The second kappa shape index (κ2) is 5.02. The van der Waals surface area contributed by atoms with Crippen molar-refractivity contribution in [2.24, 2.45) is 5.92 Å². The monoisotopic (exact) mass is 282 g/mol. The molecule has 4 nitrogen and oxygen atoms in total. The summed E-state index contributed by atoms with van der Waals surface area (Å²) in [4.78, 5) is 8.47. The van der Waals surface area contributed by atoms with Crippen LogP contribution in [0.4, 0.5) is 11.8 Å². The van der Waals surface area contributed by atoms with Crippen molar-refractivity contribution in [1.82, 2.24) is 9.97 Å². The van der Waals surface area contributed by atoms with E-state index in [4.69, 9.17) is 11.5 Å². The normalized spacial score (nSPS) is 18.3. The average Bonchev–Trinajstić information content (AvgIpc) is 2.47. The van der Waals surface area contributed by atoms with Crippen molar-refractivity contribution in [3.8, 4) is 0 Å². The highest BCUT2D eigenvalue weighted by Gasteiger charge is 2.35. The van der Waals surface area contributed by atoms with E-state index in [1.807, 2.05) is 0 Å². The predicted octanol–water partition coefficient (Wildman–Crippen LogP) is 2.72. The molecule has 0 saturated carbocycles. The van der Waals surface area contributed by atoms with Crippen LogP contribution >= 0.6 is 0 Å². The zero-order valence-electron chi connectivity index (χ0n) is 12.6. The van der Waals surface area contributed by atoms with Crippen LogP contribution in [-0.2, 0) is 18.3 Å². The van der Waals surface area contributed by atoms with Gasteiger partial charge in [0.1, 0.15) is 5.82 Å². The Hall–Kier alpha value is -2.10. The van der Waals surface area contributed by atoms with Gasteiger partial charge in [-0.25, -0.2) is 4.98 Å². The molecule has 1 aromatic carbocycles. The third-order valence-corrected chi connectivity index (χ3v) is 4.86. The van der Waals surface area contributed by atoms with Crippen molar-refractivity contribution in [2.45, 2.75) is 38.5 Å². The summed E-state index contributed by atoms with van der Waals surface area (Å²) >= 11 is 0. The van der Waals surface area contributed by atoms with Crippen molar-refractivity contribution in [3.05, 3.63) is 47.2 Å². The number of benzene rings is 1. The maximum Gasteiger partial charge on any atom is 0.222 e. The fourth-order valence-corrected chi connectivity index (χ4v) is 3.38. The lowest BCUT2D eigenvalue weighted by molar-refractivity contribution is 0.283. The summed E-state index contributed by atoms with van der Waals surface area (Å²) in [5.74, 6) is 1.36. The number of fused-ring (bicyclic) bond motifs is 1. The van der Waals surface area contributed by atoms with E-state index in [1.165, 1.54) is 5.56 Å². The van der Waals surface area contributed by atoms with Crippen LogP contribution in [-0.4, -0.2) is 9.97 Å². The van der Waals surface area contributed by atoms with Crippen LogP contribution in [0.1, 0.15) is 37.1 Å². The van der Waals surface area contributed by atoms with Crippen molar-refractivity contribution < 1.29 is 0 Å². The number of anilines is 2. The Morgan fingerprint density at radius 1 is 1.10 bits per heavy atom. The first-order valence-electron chi connectivity index (χ1n) is 7.44. The number of hydrogen-bond acceptors (Lipinski definition) is 4. The molecule has 1 unspecified atom stereocenters. The predicted molar refractivity (Wildman–Crippen MR) is 85.8 cm³/mol. The highest BCUT2D eigenvalue weighted by molar-refractivity contribution is 5.47. The molecule has 1 aliphatic rings. The van der Waals surface area contributed by atoms with Gasteiger partial charge in [-0.15, -0.1) is 0 Å². The van der Waals surface area contributed by atoms with E-state index in [2.05, 4.69) is 54.1 Å². The number of aryl methyl sites for hydroxylation is 1. The lowest BCUT2D eigenvalue weighted by Crippen LogP contribution is -2.34. The van der Waals surface area contributed by atoms with Crippen LogP contribution in [0.3, 0.4) is 0 Å². The molecular weight excluding hydrogens is 260 g/mol. The van der Waals surface area contributed by atoms with Crippen molar-refractivity contribution in [3.63, 3.8) is 0 Å². The minimum atomic E-state index is 0.104. The number of aromatic nitrogens is 2. The van der Waals surface area contributed by atoms with Gasteiger partial charge in [-0.3, -0.25) is 0 Å². The van der Waals surface area contributed by atoms with E-state index in [0.717, 1.165) is 30.5 Å². The van der Waals surface area contributed by atoms with Gasteiger partial charge in [-0.1, -0.05) is 44.2 Å². The van der Waals surface area contributed by atoms with Crippen LogP contribution in [0, 0.1) is 5.92 Å². The molecule has 0 spiro atoms. The topological polar surface area (TPSA) is 77.8 Å². The Morgan fingerprint density at radius 2 is 1.81 bits per heavy atom. The minimum Gasteiger partial charge on any atom is -0.383 e. The molecule has 0 amide bonds. The Balaban J connectivity index is 1.93. The van der Waals surface area contributed by atoms with E-state index in [0.29, 0.717) is 11.7 Å². The van der Waals surface area contributed by atoms with E-state index >= 15 is 0 Å². The standard InChI is InChI=1S/C17H22N4/c1-17(2,11-6-4-3-5-7-11)12-8-9-14-13(10-12)15(18)21-16(19)20-14/h3-7,12H,8-10H2,1-2H3,(H4,18,19,20,21). The Kier molecular flexibility index (Phi) is 3.32. The van der Waals surface area contributed by atoms with E-state index in [1.54, 1.807) is 0 Å². The summed E-state index contributed by atoms with van der Waals surface area (Å²) in [6.45, 7) is 4.62. The number of nitrogen functional groups attached to an aromatic ring is 2. The van der Waals surface area contributed by atoms with Crippen LogP contribution in [0.5, 0.6) is 0 Å². The van der Waals surface area contributed by atoms with Crippen molar-refractivity contribution in [1.29, 1.82) is 0 Å². The molecule has 1 aliphatic carbocycles. The molecule has 0 radical (unpaired) electrons. The molecule has 1 atom stereocenters. The first-order chi connectivity index (χ1) is 9.98. The summed E-state index contributed by atoms with van der Waals surface area (Å²) in [5, 5.41) is 0. The molecular formula is C17H22N4. The fraction of sp³-hybridized carbons (Fsp3) is 0.412. The second-order valence-corrected chi connectivity index (χ2v) is 6.42. The Morgan fingerprint density at radius 3 is 2.52 bits per heavy atom. The third kappa shape index (κ3) is 2.46. The molecule has 2 aromatic rings. The molecule has 3 rings (SSSR count). The Labute approximate surface area is 125 Å². The second-order valence-electron chi connectivity index (χ2n) is 6.42. The zero-order chi connectivity index (χ0) is 15.0. The van der Waals surface area contributed by atoms with Gasteiger partial charge in [0, 0.05) is 5.56 Å². The van der Waals surface area contributed by atoms with Crippen LogP contribution in [0.2, 0.25) is 0 Å². The maximum absolute atomic E-state index is 6.06. The van der Waals surface area contributed by atoms with Gasteiger partial charge in [-0.05, 0) is 36.2 Å². The summed E-state index contributed by atoms with van der Waals surface area (Å²) in [6.07, 6.45) is 2.95. The zero-order valence-corrected chi connectivity index (χ0v) is 12.6. The maximum atomic E-state index is 6.06. The molecule has 1 aromatic heterocycles. The molecule has 0 bridgehead atoms. The third-order valence-electron chi connectivity index (χ3n) is 4.86. The van der Waals surface area contributed by atoms with Gasteiger partial charge >= 0.3 is 0 Å². The highest BCUT2D eigenvalue weighted by Crippen LogP contribution is 2.40. The minimum absolute atomic E-state index is 0.104. The molecule has 4 heteroatoms. The van der Waals surface area contributed by atoms with E-state index in [-0.39, 0.29) is 11.4 Å². The summed E-state index contributed by atoms with van der Waals surface area (Å²) < 4.78 is 0. The molecule has 0 aliphatic heterocycles. The van der Waals surface area contributed by atoms with Crippen LogP contribution in [0.25, 0.3) is 0 Å². The molecule has 0 fully saturated rings. The van der Waals surface area contributed by atoms with Gasteiger partial charge in [0.25, 0.3) is 0 Å². The molecule has 21 heavy (non-hydrogen) atoms. The van der Waals surface area contributed by atoms with Crippen molar-refractivity contribution >= 4 is 11.8 Å². The number of rotatable bonds is 2. The fourth-order valence-electron chi connectivity index (χ4n) is 3.38. The highest BCUT2D eigenvalue weighted by atomic mass is 15.0. The quantitative estimate of drug-likeness (QED) is 0.887. The lowest BCUT2D eigenvalue weighted by Gasteiger charge is -2.38. The molecule has 110 valence electrons. The summed E-state index contributed by atoms with van der Waals surface area (Å²) in [5.41, 5.74) is 15.3. The van der Waals surface area contributed by atoms with E-state index < -0.39 is 0 Å². The van der Waals surface area contributed by atoms with E-state index in [9.17, 15) is 0 Å². The Bertz CT molecular complexity index is 649. The number of hydrogen-bond donors (Lipinski definition) is 2. The van der Waals surface area contributed by atoms with Crippen molar-refractivity contribution in [2.75, 3.05) is 11.5 Å². The summed E-state index contributed by atoms with van der Waals surface area (Å²) in [7, 11) is 0. The summed E-state index contributed by atoms with van der Waals surface area (Å²) in [6, 6.07) is 10.7. The lowest BCUT2D eigenvalue weighted by atomic mass is 9.67. The number of nitrogens with two attached hydrogens (primary N) is 2. The van der Waals surface area contributed by atoms with Crippen LogP contribution in [0.15, 0.2) is 30.3 Å². The first kappa shape index (κ1) is 13.9. The smallest absolute Gasteiger partial charge is 0.222 e. The average molecular weight is 282 g/mol. The largest absolute Gasteiger partial charge is 0.383 e. The van der Waals surface area contributed by atoms with Gasteiger partial charge in [0.2, 0.25) is 5.95 Å².